The number of rotatable bonds is 2. The third kappa shape index (κ3) is 2.01. The SMILES string of the molecule is COC(=O)c1n[nH]c2cc(S(C)(=O)=O)ccc12. The lowest BCUT2D eigenvalue weighted by atomic mass is 10.2. The van der Waals surface area contributed by atoms with Crippen LogP contribution in [0.25, 0.3) is 10.9 Å². The number of carbonyl (C=O) groups excluding carboxylic acids is 1. The van der Waals surface area contributed by atoms with Gasteiger partial charge in [0.2, 0.25) is 0 Å². The second-order valence-electron chi connectivity index (χ2n) is 3.54. The van der Waals surface area contributed by atoms with E-state index >= 15 is 0 Å². The summed E-state index contributed by atoms with van der Waals surface area (Å²) in [5.41, 5.74) is 0.621. The molecule has 6 nitrogen and oxygen atoms in total. The minimum Gasteiger partial charge on any atom is -0.464 e. The molecule has 0 aliphatic carbocycles. The van der Waals surface area contributed by atoms with Gasteiger partial charge < -0.3 is 4.74 Å². The fourth-order valence-corrected chi connectivity index (χ4v) is 2.13. The predicted octanol–water partition coefficient (Wildman–Crippen LogP) is 0.753. The van der Waals surface area contributed by atoms with Crippen molar-refractivity contribution in [2.45, 2.75) is 4.90 Å². The Morgan fingerprint density at radius 2 is 2.12 bits per heavy atom. The Kier molecular flexibility index (Phi) is 2.62. The maximum atomic E-state index is 11.3. The van der Waals surface area contributed by atoms with Crippen LogP contribution in [0, 0.1) is 0 Å². The lowest BCUT2D eigenvalue weighted by molar-refractivity contribution is 0.0596. The molecule has 17 heavy (non-hydrogen) atoms. The molecule has 0 amide bonds. The number of aromatic amines is 1. The van der Waals surface area contributed by atoms with Gasteiger partial charge in [0.25, 0.3) is 0 Å². The third-order valence-corrected chi connectivity index (χ3v) is 3.45. The molecule has 1 aromatic carbocycles. The number of hydrogen-bond acceptors (Lipinski definition) is 5. The fourth-order valence-electron chi connectivity index (χ4n) is 1.48. The largest absolute Gasteiger partial charge is 0.464 e. The van der Waals surface area contributed by atoms with Crippen molar-refractivity contribution in [1.29, 1.82) is 0 Å². The minimum absolute atomic E-state index is 0.141. The first kappa shape index (κ1) is 11.6. The topological polar surface area (TPSA) is 89.1 Å². The highest BCUT2D eigenvalue weighted by Gasteiger charge is 2.16. The second kappa shape index (κ2) is 3.85. The Bertz CT molecular complexity index is 687. The number of carbonyl (C=O) groups is 1. The normalized spacial score (nSPS) is 11.6. The van der Waals surface area contributed by atoms with Gasteiger partial charge in [-0.2, -0.15) is 5.10 Å². The van der Waals surface area contributed by atoms with Crippen LogP contribution in [0.3, 0.4) is 0 Å². The number of nitrogens with one attached hydrogen (secondary N) is 1. The lowest BCUT2D eigenvalue weighted by Gasteiger charge is -1.98. The summed E-state index contributed by atoms with van der Waals surface area (Å²) < 4.78 is 27.3. The van der Waals surface area contributed by atoms with Crippen LogP contribution in [0.2, 0.25) is 0 Å². The van der Waals surface area contributed by atoms with Crippen LogP contribution in [0.1, 0.15) is 10.5 Å². The van der Waals surface area contributed by atoms with E-state index in [0.717, 1.165) is 6.26 Å². The summed E-state index contributed by atoms with van der Waals surface area (Å²) in [7, 11) is -2.02. The number of fused-ring (bicyclic) bond motifs is 1. The number of hydrogen-bond donors (Lipinski definition) is 1. The summed E-state index contributed by atoms with van der Waals surface area (Å²) in [6.07, 6.45) is 1.12. The number of H-pyrrole nitrogens is 1. The summed E-state index contributed by atoms with van der Waals surface area (Å²) >= 11 is 0. The van der Waals surface area contributed by atoms with Gasteiger partial charge in [0.1, 0.15) is 0 Å². The molecule has 0 aliphatic rings. The highest BCUT2D eigenvalue weighted by molar-refractivity contribution is 7.90. The van der Waals surface area contributed by atoms with E-state index in [9.17, 15) is 13.2 Å². The van der Waals surface area contributed by atoms with Crippen molar-refractivity contribution >= 4 is 26.7 Å². The van der Waals surface area contributed by atoms with Crippen molar-refractivity contribution in [3.8, 4) is 0 Å². The zero-order chi connectivity index (χ0) is 12.6. The third-order valence-electron chi connectivity index (χ3n) is 2.34. The van der Waals surface area contributed by atoms with Gasteiger partial charge >= 0.3 is 5.97 Å². The van der Waals surface area contributed by atoms with E-state index in [4.69, 9.17) is 0 Å². The summed E-state index contributed by atoms with van der Waals surface area (Å²) in [5, 5.41) is 6.93. The van der Waals surface area contributed by atoms with Crippen LogP contribution in [-0.2, 0) is 14.6 Å². The average molecular weight is 254 g/mol. The molecule has 0 aliphatic heterocycles. The first-order valence-corrected chi connectivity index (χ1v) is 6.59. The average Bonchev–Trinajstić information content (AvgIpc) is 2.69. The van der Waals surface area contributed by atoms with Crippen molar-refractivity contribution in [2.75, 3.05) is 13.4 Å². The van der Waals surface area contributed by atoms with Crippen LogP contribution in [0.5, 0.6) is 0 Å². The number of benzene rings is 1. The molecular formula is C10H10N2O4S. The van der Waals surface area contributed by atoms with E-state index in [0.29, 0.717) is 10.9 Å². The number of nitrogens with zero attached hydrogens (tertiary/aromatic N) is 1. The first-order chi connectivity index (χ1) is 7.93. The van der Waals surface area contributed by atoms with Gasteiger partial charge in [-0.15, -0.1) is 0 Å². The molecule has 2 rings (SSSR count). The Labute approximate surface area is 97.5 Å². The monoisotopic (exact) mass is 254 g/mol. The van der Waals surface area contributed by atoms with Gasteiger partial charge in [0.05, 0.1) is 17.5 Å². The molecule has 0 saturated heterocycles. The maximum absolute atomic E-state index is 11.3. The van der Waals surface area contributed by atoms with Gasteiger partial charge in [0.15, 0.2) is 15.5 Å². The van der Waals surface area contributed by atoms with E-state index in [1.54, 1.807) is 0 Å². The smallest absolute Gasteiger partial charge is 0.359 e. The molecule has 0 saturated carbocycles. The molecule has 1 heterocycles. The minimum atomic E-state index is -3.27. The Morgan fingerprint density at radius 1 is 1.41 bits per heavy atom. The highest BCUT2D eigenvalue weighted by Crippen LogP contribution is 2.20. The van der Waals surface area contributed by atoms with Crippen molar-refractivity contribution in [3.05, 3.63) is 23.9 Å². The molecule has 0 atom stereocenters. The summed E-state index contributed by atoms with van der Waals surface area (Å²) in [6, 6.07) is 4.39. The van der Waals surface area contributed by atoms with E-state index in [1.165, 1.54) is 25.3 Å². The zero-order valence-corrected chi connectivity index (χ0v) is 10.0. The Morgan fingerprint density at radius 3 is 2.71 bits per heavy atom. The molecule has 0 bridgehead atoms. The molecule has 1 N–H and O–H groups in total. The summed E-state index contributed by atoms with van der Waals surface area (Å²) in [6.45, 7) is 0. The lowest BCUT2D eigenvalue weighted by Crippen LogP contribution is -2.02. The van der Waals surface area contributed by atoms with Gasteiger partial charge in [-0.25, -0.2) is 13.2 Å². The number of sulfone groups is 1. The standard InChI is InChI=1S/C10H10N2O4S/c1-16-10(13)9-7-4-3-6(17(2,14)15)5-8(7)11-12-9/h3-5H,1-2H3,(H,11,12). The van der Waals surface area contributed by atoms with Crippen molar-refractivity contribution < 1.29 is 17.9 Å². The van der Waals surface area contributed by atoms with E-state index in [1.807, 2.05) is 0 Å². The van der Waals surface area contributed by atoms with Crippen LogP contribution < -0.4 is 0 Å². The Hall–Kier alpha value is -1.89. The number of esters is 1. The Balaban J connectivity index is 2.64. The summed E-state index contributed by atoms with van der Waals surface area (Å²) in [5.74, 6) is -0.566. The van der Waals surface area contributed by atoms with Crippen LogP contribution in [0.4, 0.5) is 0 Å². The molecule has 1 aromatic heterocycles. The maximum Gasteiger partial charge on any atom is 0.359 e. The van der Waals surface area contributed by atoms with Crippen LogP contribution in [0.15, 0.2) is 23.1 Å². The van der Waals surface area contributed by atoms with E-state index < -0.39 is 15.8 Å². The van der Waals surface area contributed by atoms with Gasteiger partial charge in [0, 0.05) is 11.6 Å². The van der Waals surface area contributed by atoms with Gasteiger partial charge in [-0.3, -0.25) is 5.10 Å². The van der Waals surface area contributed by atoms with Crippen molar-refractivity contribution in [1.82, 2.24) is 10.2 Å². The molecule has 90 valence electrons. The molecule has 0 radical (unpaired) electrons. The summed E-state index contributed by atoms with van der Waals surface area (Å²) in [4.78, 5) is 11.5. The van der Waals surface area contributed by atoms with Crippen LogP contribution >= 0.6 is 0 Å². The van der Waals surface area contributed by atoms with E-state index in [2.05, 4.69) is 14.9 Å². The number of ether oxygens (including phenoxy) is 1. The zero-order valence-electron chi connectivity index (χ0n) is 9.22. The van der Waals surface area contributed by atoms with Crippen LogP contribution in [-0.4, -0.2) is 38.0 Å². The quantitative estimate of drug-likeness (QED) is 0.799. The van der Waals surface area contributed by atoms with E-state index in [-0.39, 0.29) is 10.6 Å². The fraction of sp³-hybridized carbons (Fsp3) is 0.200. The molecule has 0 unspecified atom stereocenters. The van der Waals surface area contributed by atoms with Gasteiger partial charge in [-0.1, -0.05) is 0 Å². The van der Waals surface area contributed by atoms with Gasteiger partial charge in [-0.05, 0) is 18.2 Å². The molecule has 2 aromatic rings. The van der Waals surface area contributed by atoms with Crippen molar-refractivity contribution in [3.63, 3.8) is 0 Å². The molecule has 0 spiro atoms. The molecule has 7 heteroatoms. The second-order valence-corrected chi connectivity index (χ2v) is 5.56. The first-order valence-electron chi connectivity index (χ1n) is 4.70. The molecule has 0 fully saturated rings. The number of aromatic nitrogens is 2. The number of methoxy groups -OCH3 is 1. The molecular weight excluding hydrogens is 244 g/mol. The highest BCUT2D eigenvalue weighted by atomic mass is 32.2. The van der Waals surface area contributed by atoms with Crippen molar-refractivity contribution in [2.24, 2.45) is 0 Å². The predicted molar refractivity (Wildman–Crippen MR) is 60.5 cm³/mol.